The van der Waals surface area contributed by atoms with Crippen LogP contribution in [-0.2, 0) is 21.4 Å². The lowest BCUT2D eigenvalue weighted by atomic mass is 10.0. The van der Waals surface area contributed by atoms with Gasteiger partial charge in [-0.2, -0.15) is 12.7 Å². The van der Waals surface area contributed by atoms with Crippen molar-refractivity contribution in [2.75, 3.05) is 27.7 Å². The van der Waals surface area contributed by atoms with Crippen LogP contribution >= 0.6 is 11.3 Å². The Morgan fingerprint density at radius 1 is 1.16 bits per heavy atom. The number of Topliss-reactive ketones (excluding diaryl/α,β-unsaturated/α-hetero) is 1. The van der Waals surface area contributed by atoms with Crippen molar-refractivity contribution in [3.63, 3.8) is 0 Å². The number of nitrogens with zero attached hydrogens (tertiary/aromatic N) is 3. The first kappa shape index (κ1) is 29.3. The quantitative estimate of drug-likeness (QED) is 0.266. The van der Waals surface area contributed by atoms with E-state index in [0.717, 1.165) is 27.6 Å². The number of ketones is 1. The Bertz CT molecular complexity index is 1340. The number of carbonyl (C=O) groups is 2. The summed E-state index contributed by atoms with van der Waals surface area (Å²) in [5.41, 5.74) is 1.31. The van der Waals surface area contributed by atoms with Gasteiger partial charge in [-0.1, -0.05) is 30.3 Å². The third kappa shape index (κ3) is 7.42. The van der Waals surface area contributed by atoms with Gasteiger partial charge in [-0.15, -0.1) is 11.3 Å². The molecule has 3 N–H and O–H groups in total. The van der Waals surface area contributed by atoms with Crippen LogP contribution < -0.4 is 14.8 Å². The third-order valence-electron chi connectivity index (χ3n) is 5.65. The highest BCUT2D eigenvalue weighted by molar-refractivity contribution is 7.87. The first-order chi connectivity index (χ1) is 18.0. The molecule has 0 spiro atoms. The Hall–Kier alpha value is -3.23. The number of benzene rings is 1. The maximum Gasteiger partial charge on any atom is 0.303 e. The van der Waals surface area contributed by atoms with E-state index in [1.54, 1.807) is 13.0 Å². The minimum atomic E-state index is -4.03. The third-order valence-corrected chi connectivity index (χ3v) is 8.09. The first-order valence-electron chi connectivity index (χ1n) is 11.7. The van der Waals surface area contributed by atoms with Gasteiger partial charge in [0.05, 0.1) is 7.11 Å². The summed E-state index contributed by atoms with van der Waals surface area (Å²) in [7, 11) is 0.00965. The number of rotatable bonds is 13. The Morgan fingerprint density at radius 3 is 2.47 bits per heavy atom. The molecule has 0 aliphatic carbocycles. The van der Waals surface area contributed by atoms with Gasteiger partial charge < -0.3 is 15.2 Å². The van der Waals surface area contributed by atoms with E-state index in [4.69, 9.17) is 4.74 Å². The number of carbonyl (C=O) groups excluding carboxylic acids is 2. The standard InChI is InChI=1S/C25H31N5O6S2/c1-16-20(24(33)29-38(34,35)30(2)3)28-25(37-16)21(26-14-8-11-17-9-6-5-7-10-17)23(32)22(31)18-12-13-19(36-4)27-15-18/h5-7,9-10,12-13,15,21-22,26,31H,8,11,14H2,1-4H3,(H,29,33). The second-order valence-electron chi connectivity index (χ2n) is 8.59. The van der Waals surface area contributed by atoms with E-state index in [2.05, 4.69) is 15.3 Å². The molecule has 1 aromatic carbocycles. The van der Waals surface area contributed by atoms with Crippen molar-refractivity contribution in [2.24, 2.45) is 0 Å². The fourth-order valence-electron chi connectivity index (χ4n) is 3.50. The van der Waals surface area contributed by atoms with E-state index < -0.39 is 34.0 Å². The van der Waals surface area contributed by atoms with E-state index in [0.29, 0.717) is 23.7 Å². The van der Waals surface area contributed by atoms with Gasteiger partial charge in [0.25, 0.3) is 5.91 Å². The molecule has 2 aromatic heterocycles. The zero-order valence-corrected chi connectivity index (χ0v) is 23.2. The van der Waals surface area contributed by atoms with Gasteiger partial charge in [-0.3, -0.25) is 9.59 Å². The van der Waals surface area contributed by atoms with Crippen molar-refractivity contribution in [3.8, 4) is 5.88 Å². The van der Waals surface area contributed by atoms with Crippen molar-refractivity contribution >= 4 is 33.2 Å². The van der Waals surface area contributed by atoms with Gasteiger partial charge in [-0.05, 0) is 37.9 Å². The topological polar surface area (TPSA) is 151 Å². The molecule has 0 saturated carbocycles. The molecule has 2 heterocycles. The molecule has 0 fully saturated rings. The lowest BCUT2D eigenvalue weighted by Gasteiger charge is -2.19. The second-order valence-corrected chi connectivity index (χ2v) is 11.7. The largest absolute Gasteiger partial charge is 0.481 e. The first-order valence-corrected chi connectivity index (χ1v) is 14.0. The maximum atomic E-state index is 13.5. The Labute approximate surface area is 226 Å². The normalized spacial score (nSPS) is 13.2. The lowest BCUT2D eigenvalue weighted by molar-refractivity contribution is -0.129. The highest BCUT2D eigenvalue weighted by Crippen LogP contribution is 2.29. The molecule has 0 aliphatic heterocycles. The van der Waals surface area contributed by atoms with E-state index in [1.807, 2.05) is 35.1 Å². The van der Waals surface area contributed by atoms with Crippen LogP contribution in [0.2, 0.25) is 0 Å². The minimum absolute atomic E-state index is 0.111. The summed E-state index contributed by atoms with van der Waals surface area (Å²) < 4.78 is 32.1. The molecule has 204 valence electrons. The average molecular weight is 562 g/mol. The molecule has 2 unspecified atom stereocenters. The molecule has 38 heavy (non-hydrogen) atoms. The average Bonchev–Trinajstić information content (AvgIpc) is 3.29. The van der Waals surface area contributed by atoms with Crippen LogP contribution in [0.4, 0.5) is 0 Å². The summed E-state index contributed by atoms with van der Waals surface area (Å²) in [6, 6.07) is 11.9. The molecule has 0 bridgehead atoms. The zero-order chi connectivity index (χ0) is 27.9. The van der Waals surface area contributed by atoms with E-state index >= 15 is 0 Å². The van der Waals surface area contributed by atoms with Gasteiger partial charge in [0, 0.05) is 36.8 Å². The molecule has 11 nitrogen and oxygen atoms in total. The highest BCUT2D eigenvalue weighted by atomic mass is 32.2. The molecule has 1 amide bonds. The molecular formula is C25H31N5O6S2. The fraction of sp³-hybridized carbons (Fsp3) is 0.360. The fourth-order valence-corrected chi connectivity index (χ4v) is 5.01. The van der Waals surface area contributed by atoms with Crippen LogP contribution in [0.5, 0.6) is 5.88 Å². The minimum Gasteiger partial charge on any atom is -0.481 e. The molecule has 3 rings (SSSR count). The summed E-state index contributed by atoms with van der Waals surface area (Å²) in [6.07, 6.45) is 1.31. The van der Waals surface area contributed by atoms with Crippen molar-refractivity contribution in [2.45, 2.75) is 31.9 Å². The van der Waals surface area contributed by atoms with Gasteiger partial charge in [0.15, 0.2) is 5.78 Å². The summed E-state index contributed by atoms with van der Waals surface area (Å²) in [4.78, 5) is 34.9. The van der Waals surface area contributed by atoms with Gasteiger partial charge in [-0.25, -0.2) is 14.7 Å². The molecule has 13 heteroatoms. The van der Waals surface area contributed by atoms with Crippen molar-refractivity contribution in [3.05, 3.63) is 75.4 Å². The Balaban J connectivity index is 1.84. The molecule has 3 aromatic rings. The van der Waals surface area contributed by atoms with Crippen LogP contribution in [0.3, 0.4) is 0 Å². The number of hydrogen-bond acceptors (Lipinski definition) is 10. The van der Waals surface area contributed by atoms with Crippen LogP contribution in [0.1, 0.15) is 50.1 Å². The van der Waals surface area contributed by atoms with Gasteiger partial charge in [0.2, 0.25) is 5.88 Å². The van der Waals surface area contributed by atoms with E-state index in [9.17, 15) is 23.1 Å². The predicted molar refractivity (Wildman–Crippen MR) is 143 cm³/mol. The van der Waals surface area contributed by atoms with Gasteiger partial charge >= 0.3 is 10.2 Å². The predicted octanol–water partition coefficient (Wildman–Crippen LogP) is 1.96. The van der Waals surface area contributed by atoms with Crippen molar-refractivity contribution in [1.29, 1.82) is 0 Å². The molecule has 0 radical (unpaired) electrons. The number of ether oxygens (including phenoxy) is 1. The second kappa shape index (κ2) is 13.0. The van der Waals surface area contributed by atoms with Crippen molar-refractivity contribution < 1.29 is 27.9 Å². The number of hydrogen-bond donors (Lipinski definition) is 3. The SMILES string of the molecule is COc1ccc(C(O)C(=O)C(NCCCc2ccccc2)c2nc(C(=O)NS(=O)(=O)N(C)C)c(C)s2)cn1. The van der Waals surface area contributed by atoms with E-state index in [1.165, 1.54) is 33.5 Å². The Morgan fingerprint density at radius 2 is 1.87 bits per heavy atom. The number of amides is 1. The van der Waals surface area contributed by atoms with Crippen LogP contribution in [-0.4, -0.2) is 67.2 Å². The Kier molecular flexibility index (Phi) is 10.1. The van der Waals surface area contributed by atoms with Crippen LogP contribution in [0.15, 0.2) is 48.7 Å². The van der Waals surface area contributed by atoms with Gasteiger partial charge in [0.1, 0.15) is 22.8 Å². The summed E-state index contributed by atoms with van der Waals surface area (Å²) in [6.45, 7) is 2.03. The summed E-state index contributed by atoms with van der Waals surface area (Å²) >= 11 is 1.08. The number of nitrogens with one attached hydrogen (secondary N) is 2. The smallest absolute Gasteiger partial charge is 0.303 e. The summed E-state index contributed by atoms with van der Waals surface area (Å²) in [5.74, 6) is -1.16. The number of methoxy groups -OCH3 is 1. The number of aromatic nitrogens is 2. The number of aliphatic hydroxyl groups is 1. The number of aryl methyl sites for hydroxylation is 2. The van der Waals surface area contributed by atoms with Crippen molar-refractivity contribution in [1.82, 2.24) is 24.3 Å². The molecule has 0 saturated heterocycles. The van der Waals surface area contributed by atoms with E-state index in [-0.39, 0.29) is 16.3 Å². The molecular weight excluding hydrogens is 530 g/mol. The lowest BCUT2D eigenvalue weighted by Crippen LogP contribution is -2.40. The molecule has 2 atom stereocenters. The zero-order valence-electron chi connectivity index (χ0n) is 21.5. The highest BCUT2D eigenvalue weighted by Gasteiger charge is 2.32. The number of pyridine rings is 1. The molecule has 0 aliphatic rings. The monoisotopic (exact) mass is 561 g/mol. The maximum absolute atomic E-state index is 13.5. The number of thiazole rings is 1. The van der Waals surface area contributed by atoms with Crippen LogP contribution in [0, 0.1) is 6.92 Å². The van der Waals surface area contributed by atoms with Crippen LogP contribution in [0.25, 0.3) is 0 Å². The number of aliphatic hydroxyl groups excluding tert-OH is 1. The summed E-state index contributed by atoms with van der Waals surface area (Å²) in [5, 5.41) is 14.3.